The summed E-state index contributed by atoms with van der Waals surface area (Å²) >= 11 is 6.12. The van der Waals surface area contributed by atoms with Crippen LogP contribution in [0.15, 0.2) is 18.2 Å². The van der Waals surface area contributed by atoms with Crippen LogP contribution in [-0.4, -0.2) is 0 Å². The van der Waals surface area contributed by atoms with Crippen molar-refractivity contribution in [2.24, 2.45) is 5.73 Å². The summed E-state index contributed by atoms with van der Waals surface area (Å²) in [5.41, 5.74) is 8.41. The van der Waals surface area contributed by atoms with Crippen molar-refractivity contribution in [3.63, 3.8) is 0 Å². The van der Waals surface area contributed by atoms with E-state index in [0.717, 1.165) is 23.4 Å². The number of nitrogens with two attached hydrogens (primary N) is 1. The van der Waals surface area contributed by atoms with Gasteiger partial charge in [-0.3, -0.25) is 0 Å². The zero-order valence-corrected chi connectivity index (χ0v) is 9.64. The van der Waals surface area contributed by atoms with E-state index in [1.54, 1.807) is 0 Å². The Kier molecular flexibility index (Phi) is 4.43. The highest BCUT2D eigenvalue weighted by Gasteiger charge is 2.11. The highest BCUT2D eigenvalue weighted by atomic mass is 35.5. The van der Waals surface area contributed by atoms with Crippen molar-refractivity contribution in [2.45, 2.75) is 39.2 Å². The van der Waals surface area contributed by atoms with Crippen LogP contribution >= 0.6 is 11.6 Å². The van der Waals surface area contributed by atoms with E-state index >= 15 is 0 Å². The van der Waals surface area contributed by atoms with Gasteiger partial charge in [0.1, 0.15) is 0 Å². The molecule has 1 aromatic rings. The lowest BCUT2D eigenvalue weighted by Gasteiger charge is -2.15. The van der Waals surface area contributed by atoms with Gasteiger partial charge in [-0.15, -0.1) is 0 Å². The largest absolute Gasteiger partial charge is 0.324 e. The molecule has 14 heavy (non-hydrogen) atoms. The molecule has 0 bridgehead atoms. The second-order valence-electron chi connectivity index (χ2n) is 3.72. The van der Waals surface area contributed by atoms with Gasteiger partial charge in [0.05, 0.1) is 0 Å². The second kappa shape index (κ2) is 5.38. The zero-order valence-electron chi connectivity index (χ0n) is 8.89. The molecule has 0 radical (unpaired) electrons. The van der Waals surface area contributed by atoms with Gasteiger partial charge in [0, 0.05) is 11.1 Å². The summed E-state index contributed by atoms with van der Waals surface area (Å²) in [5.74, 6) is 0. The molecule has 2 heteroatoms. The van der Waals surface area contributed by atoms with Crippen LogP contribution in [0.1, 0.15) is 43.4 Å². The maximum Gasteiger partial charge on any atom is 0.0456 e. The standard InChI is InChI=1S/C12H18ClN/c1-3-4-8-11(14)12-9(2)6-5-7-10(12)13/h5-7,11H,3-4,8,14H2,1-2H3/t11-/m0/s1. The molecule has 2 N–H and O–H groups in total. The summed E-state index contributed by atoms with van der Waals surface area (Å²) < 4.78 is 0. The SMILES string of the molecule is CCCC[C@H](N)c1c(C)cccc1Cl. The van der Waals surface area contributed by atoms with Gasteiger partial charge in [0.25, 0.3) is 0 Å². The Morgan fingerprint density at radius 2 is 2.14 bits per heavy atom. The molecule has 0 saturated carbocycles. The average molecular weight is 212 g/mol. The molecule has 78 valence electrons. The Bertz CT molecular complexity index is 276. The first-order chi connectivity index (χ1) is 6.66. The maximum absolute atomic E-state index is 6.12. The Morgan fingerprint density at radius 1 is 1.43 bits per heavy atom. The van der Waals surface area contributed by atoms with Crippen LogP contribution in [0.5, 0.6) is 0 Å². The number of hydrogen-bond donors (Lipinski definition) is 1. The lowest BCUT2D eigenvalue weighted by Crippen LogP contribution is -2.12. The summed E-state index contributed by atoms with van der Waals surface area (Å²) in [6.07, 6.45) is 3.35. The molecule has 1 aromatic carbocycles. The van der Waals surface area contributed by atoms with Gasteiger partial charge in [-0.2, -0.15) is 0 Å². The number of hydrogen-bond acceptors (Lipinski definition) is 1. The van der Waals surface area contributed by atoms with Gasteiger partial charge in [0.15, 0.2) is 0 Å². The van der Waals surface area contributed by atoms with Crippen LogP contribution in [0.3, 0.4) is 0 Å². The number of aryl methyl sites for hydroxylation is 1. The third-order valence-electron chi connectivity index (χ3n) is 2.51. The molecule has 0 fully saturated rings. The van der Waals surface area contributed by atoms with Crippen LogP contribution in [0, 0.1) is 6.92 Å². The van der Waals surface area contributed by atoms with Crippen molar-refractivity contribution >= 4 is 11.6 Å². The fourth-order valence-corrected chi connectivity index (χ4v) is 2.04. The van der Waals surface area contributed by atoms with E-state index in [1.165, 1.54) is 12.0 Å². The maximum atomic E-state index is 6.12. The van der Waals surface area contributed by atoms with Crippen molar-refractivity contribution in [3.05, 3.63) is 34.3 Å². The van der Waals surface area contributed by atoms with Crippen molar-refractivity contribution < 1.29 is 0 Å². The van der Waals surface area contributed by atoms with Gasteiger partial charge >= 0.3 is 0 Å². The summed E-state index contributed by atoms with van der Waals surface area (Å²) in [7, 11) is 0. The fourth-order valence-electron chi connectivity index (χ4n) is 1.68. The highest BCUT2D eigenvalue weighted by molar-refractivity contribution is 6.31. The molecule has 0 spiro atoms. The van der Waals surface area contributed by atoms with Crippen LogP contribution in [0.4, 0.5) is 0 Å². The fraction of sp³-hybridized carbons (Fsp3) is 0.500. The van der Waals surface area contributed by atoms with E-state index in [9.17, 15) is 0 Å². The van der Waals surface area contributed by atoms with Crippen molar-refractivity contribution in [2.75, 3.05) is 0 Å². The monoisotopic (exact) mass is 211 g/mol. The minimum absolute atomic E-state index is 0.0867. The minimum atomic E-state index is 0.0867. The predicted octanol–water partition coefficient (Wildman–Crippen LogP) is 3.84. The molecular weight excluding hydrogens is 194 g/mol. The van der Waals surface area contributed by atoms with Crippen LogP contribution < -0.4 is 5.73 Å². The normalized spacial score (nSPS) is 12.9. The second-order valence-corrected chi connectivity index (χ2v) is 4.13. The van der Waals surface area contributed by atoms with Crippen molar-refractivity contribution in [1.82, 2.24) is 0 Å². The number of unbranched alkanes of at least 4 members (excludes halogenated alkanes) is 1. The van der Waals surface area contributed by atoms with E-state index in [2.05, 4.69) is 19.9 Å². The Labute approximate surface area is 91.3 Å². The molecule has 0 saturated heterocycles. The van der Waals surface area contributed by atoms with E-state index in [0.29, 0.717) is 0 Å². The molecule has 0 aromatic heterocycles. The molecule has 0 aliphatic carbocycles. The quantitative estimate of drug-likeness (QED) is 0.805. The van der Waals surface area contributed by atoms with E-state index in [4.69, 9.17) is 17.3 Å². The molecule has 0 aliphatic heterocycles. The van der Waals surface area contributed by atoms with Crippen LogP contribution in [0.25, 0.3) is 0 Å². The number of halogens is 1. The summed E-state index contributed by atoms with van der Waals surface area (Å²) in [5, 5.41) is 0.800. The number of benzene rings is 1. The van der Waals surface area contributed by atoms with Crippen molar-refractivity contribution in [3.8, 4) is 0 Å². The highest BCUT2D eigenvalue weighted by Crippen LogP contribution is 2.27. The van der Waals surface area contributed by atoms with E-state index in [-0.39, 0.29) is 6.04 Å². The smallest absolute Gasteiger partial charge is 0.0456 e. The Morgan fingerprint density at radius 3 is 2.71 bits per heavy atom. The molecule has 1 atom stereocenters. The molecule has 1 nitrogen and oxygen atoms in total. The summed E-state index contributed by atoms with van der Waals surface area (Å²) in [4.78, 5) is 0. The molecular formula is C12H18ClN. The van der Waals surface area contributed by atoms with Gasteiger partial charge in [0.2, 0.25) is 0 Å². The van der Waals surface area contributed by atoms with Gasteiger partial charge in [-0.1, -0.05) is 43.5 Å². The van der Waals surface area contributed by atoms with Gasteiger partial charge in [-0.25, -0.2) is 0 Å². The molecule has 0 unspecified atom stereocenters. The first kappa shape index (κ1) is 11.5. The third-order valence-corrected chi connectivity index (χ3v) is 2.84. The summed E-state index contributed by atoms with van der Waals surface area (Å²) in [6, 6.07) is 6.03. The average Bonchev–Trinajstić information content (AvgIpc) is 2.14. The summed E-state index contributed by atoms with van der Waals surface area (Å²) in [6.45, 7) is 4.24. The first-order valence-corrected chi connectivity index (χ1v) is 5.55. The number of rotatable bonds is 4. The predicted molar refractivity (Wildman–Crippen MR) is 62.6 cm³/mol. The van der Waals surface area contributed by atoms with E-state index in [1.807, 2.05) is 12.1 Å². The molecule has 0 amide bonds. The van der Waals surface area contributed by atoms with Gasteiger partial charge in [-0.05, 0) is 30.5 Å². The first-order valence-electron chi connectivity index (χ1n) is 5.17. The lowest BCUT2D eigenvalue weighted by atomic mass is 9.98. The van der Waals surface area contributed by atoms with Gasteiger partial charge < -0.3 is 5.73 Å². The minimum Gasteiger partial charge on any atom is -0.324 e. The van der Waals surface area contributed by atoms with Crippen LogP contribution in [-0.2, 0) is 0 Å². The molecule has 0 aliphatic rings. The Balaban J connectivity index is 2.82. The van der Waals surface area contributed by atoms with E-state index < -0.39 is 0 Å². The molecule has 0 heterocycles. The zero-order chi connectivity index (χ0) is 10.6. The Hall–Kier alpha value is -0.530. The topological polar surface area (TPSA) is 26.0 Å². The van der Waals surface area contributed by atoms with Crippen molar-refractivity contribution in [1.29, 1.82) is 0 Å². The third kappa shape index (κ3) is 2.73. The van der Waals surface area contributed by atoms with Crippen LogP contribution in [0.2, 0.25) is 5.02 Å². The lowest BCUT2D eigenvalue weighted by molar-refractivity contribution is 0.601. The molecule has 1 rings (SSSR count).